The zero-order valence-corrected chi connectivity index (χ0v) is 11.5. The third-order valence-corrected chi connectivity index (χ3v) is 3.40. The number of aliphatic hydroxyl groups is 1. The van der Waals surface area contributed by atoms with Crippen LogP contribution in [0.2, 0.25) is 0 Å². The molecule has 0 aliphatic heterocycles. The van der Waals surface area contributed by atoms with Crippen molar-refractivity contribution in [2.75, 3.05) is 6.61 Å². The van der Waals surface area contributed by atoms with Crippen LogP contribution in [0.3, 0.4) is 0 Å². The molecule has 0 unspecified atom stereocenters. The largest absolute Gasteiger partial charge is 0.396 e. The molecule has 0 atom stereocenters. The van der Waals surface area contributed by atoms with Gasteiger partial charge in [-0.25, -0.2) is 4.98 Å². The van der Waals surface area contributed by atoms with E-state index in [2.05, 4.69) is 27.0 Å². The van der Waals surface area contributed by atoms with Crippen molar-refractivity contribution in [3.05, 3.63) is 40.3 Å². The van der Waals surface area contributed by atoms with Gasteiger partial charge in [-0.15, -0.1) is 0 Å². The number of aromatic nitrogens is 2. The highest BCUT2D eigenvalue weighted by atomic mass is 79.9. The monoisotopic (exact) mass is 294 g/mol. The molecule has 2 rings (SSSR count). The fourth-order valence-electron chi connectivity index (χ4n) is 1.87. The second-order valence-corrected chi connectivity index (χ2v) is 4.92. The molecule has 0 radical (unpaired) electrons. The number of benzene rings is 1. The standard InChI is InChI=1S/C13H15BrN2O/c1-9-13(10-4-3-5-11(14)8-10)15-12(6-7-17)16(9)2/h3-5,8,17H,6-7H2,1-2H3. The van der Waals surface area contributed by atoms with Crippen LogP contribution < -0.4 is 0 Å². The van der Waals surface area contributed by atoms with Gasteiger partial charge in [-0.05, 0) is 19.1 Å². The first kappa shape index (κ1) is 12.3. The van der Waals surface area contributed by atoms with Gasteiger partial charge in [0.15, 0.2) is 0 Å². The maximum atomic E-state index is 9.00. The quantitative estimate of drug-likeness (QED) is 0.945. The van der Waals surface area contributed by atoms with Crippen molar-refractivity contribution >= 4 is 15.9 Å². The summed E-state index contributed by atoms with van der Waals surface area (Å²) in [6.45, 7) is 2.17. The van der Waals surface area contributed by atoms with E-state index in [-0.39, 0.29) is 6.61 Å². The summed E-state index contributed by atoms with van der Waals surface area (Å²) in [6, 6.07) is 8.09. The van der Waals surface area contributed by atoms with E-state index >= 15 is 0 Å². The van der Waals surface area contributed by atoms with E-state index < -0.39 is 0 Å². The van der Waals surface area contributed by atoms with E-state index in [1.807, 2.05) is 36.7 Å². The molecule has 3 nitrogen and oxygen atoms in total. The Hall–Kier alpha value is -1.13. The SMILES string of the molecule is Cc1c(-c2cccc(Br)c2)nc(CCO)n1C. The molecule has 90 valence electrons. The molecule has 0 saturated carbocycles. The van der Waals surface area contributed by atoms with Crippen molar-refractivity contribution in [3.8, 4) is 11.3 Å². The van der Waals surface area contributed by atoms with Crippen LogP contribution in [0.5, 0.6) is 0 Å². The average molecular weight is 295 g/mol. The van der Waals surface area contributed by atoms with Gasteiger partial charge in [-0.2, -0.15) is 0 Å². The Kier molecular flexibility index (Phi) is 3.64. The van der Waals surface area contributed by atoms with Crippen LogP contribution in [0.25, 0.3) is 11.3 Å². The Bertz CT molecular complexity index is 534. The van der Waals surface area contributed by atoms with Crippen LogP contribution in [0.4, 0.5) is 0 Å². The molecular formula is C13H15BrN2O. The maximum Gasteiger partial charge on any atom is 0.111 e. The third-order valence-electron chi connectivity index (χ3n) is 2.91. The molecule has 0 fully saturated rings. The minimum atomic E-state index is 0.127. The van der Waals surface area contributed by atoms with Crippen molar-refractivity contribution in [2.45, 2.75) is 13.3 Å². The Balaban J connectivity index is 2.49. The summed E-state index contributed by atoms with van der Waals surface area (Å²) < 4.78 is 3.08. The summed E-state index contributed by atoms with van der Waals surface area (Å²) in [5.41, 5.74) is 3.19. The average Bonchev–Trinajstić information content (AvgIpc) is 2.58. The molecule has 1 aromatic heterocycles. The van der Waals surface area contributed by atoms with Gasteiger partial charge in [0.1, 0.15) is 5.82 Å². The van der Waals surface area contributed by atoms with E-state index in [9.17, 15) is 0 Å². The molecule has 1 N–H and O–H groups in total. The van der Waals surface area contributed by atoms with Crippen molar-refractivity contribution in [3.63, 3.8) is 0 Å². The van der Waals surface area contributed by atoms with Crippen molar-refractivity contribution in [1.82, 2.24) is 9.55 Å². The van der Waals surface area contributed by atoms with E-state index in [1.165, 1.54) is 0 Å². The van der Waals surface area contributed by atoms with E-state index in [1.54, 1.807) is 0 Å². The summed E-state index contributed by atoms with van der Waals surface area (Å²) in [5.74, 6) is 0.917. The second kappa shape index (κ2) is 5.02. The number of imidazole rings is 1. The first-order chi connectivity index (χ1) is 8.13. The molecule has 1 aromatic carbocycles. The molecule has 2 aromatic rings. The van der Waals surface area contributed by atoms with Gasteiger partial charge in [0.2, 0.25) is 0 Å². The van der Waals surface area contributed by atoms with E-state index in [0.717, 1.165) is 27.2 Å². The number of nitrogens with zero attached hydrogens (tertiary/aromatic N) is 2. The zero-order valence-electron chi connectivity index (χ0n) is 9.94. The van der Waals surface area contributed by atoms with Gasteiger partial charge in [0, 0.05) is 29.2 Å². The predicted molar refractivity (Wildman–Crippen MR) is 71.9 cm³/mol. The zero-order chi connectivity index (χ0) is 12.4. The molecule has 0 aliphatic carbocycles. The summed E-state index contributed by atoms with van der Waals surface area (Å²) in [6.07, 6.45) is 0.589. The molecular weight excluding hydrogens is 280 g/mol. The summed E-state index contributed by atoms with van der Waals surface area (Å²) in [4.78, 5) is 4.59. The molecule has 0 aliphatic rings. The van der Waals surface area contributed by atoms with Gasteiger partial charge >= 0.3 is 0 Å². The Morgan fingerprint density at radius 3 is 2.82 bits per heavy atom. The van der Waals surface area contributed by atoms with Crippen LogP contribution in [-0.2, 0) is 13.5 Å². The molecule has 0 saturated heterocycles. The molecule has 0 spiro atoms. The number of hydrogen-bond donors (Lipinski definition) is 1. The lowest BCUT2D eigenvalue weighted by Crippen LogP contribution is -2.01. The second-order valence-electron chi connectivity index (χ2n) is 4.01. The van der Waals surface area contributed by atoms with Gasteiger partial charge < -0.3 is 9.67 Å². The van der Waals surface area contributed by atoms with Crippen molar-refractivity contribution < 1.29 is 5.11 Å². The van der Waals surface area contributed by atoms with Crippen LogP contribution in [0.1, 0.15) is 11.5 Å². The van der Waals surface area contributed by atoms with Crippen LogP contribution in [-0.4, -0.2) is 21.3 Å². The topological polar surface area (TPSA) is 38.1 Å². The summed E-state index contributed by atoms with van der Waals surface area (Å²) >= 11 is 3.47. The lowest BCUT2D eigenvalue weighted by Gasteiger charge is -2.01. The summed E-state index contributed by atoms with van der Waals surface area (Å²) in [5, 5.41) is 9.00. The van der Waals surface area contributed by atoms with Crippen LogP contribution in [0.15, 0.2) is 28.7 Å². The molecule has 0 amide bonds. The molecule has 1 heterocycles. The highest BCUT2D eigenvalue weighted by molar-refractivity contribution is 9.10. The highest BCUT2D eigenvalue weighted by Gasteiger charge is 2.12. The Morgan fingerprint density at radius 2 is 2.18 bits per heavy atom. The lowest BCUT2D eigenvalue weighted by atomic mass is 10.1. The third kappa shape index (κ3) is 2.42. The molecule has 17 heavy (non-hydrogen) atoms. The first-order valence-corrected chi connectivity index (χ1v) is 6.31. The van der Waals surface area contributed by atoms with Crippen molar-refractivity contribution in [1.29, 1.82) is 0 Å². The number of aliphatic hydroxyl groups excluding tert-OH is 1. The van der Waals surface area contributed by atoms with Gasteiger partial charge in [-0.3, -0.25) is 0 Å². The number of rotatable bonds is 3. The maximum absolute atomic E-state index is 9.00. The first-order valence-electron chi connectivity index (χ1n) is 5.52. The molecule has 4 heteroatoms. The van der Waals surface area contributed by atoms with E-state index in [4.69, 9.17) is 5.11 Å². The normalized spacial score (nSPS) is 10.8. The minimum absolute atomic E-state index is 0.127. The van der Waals surface area contributed by atoms with Crippen LogP contribution in [0, 0.1) is 6.92 Å². The van der Waals surface area contributed by atoms with Crippen LogP contribution >= 0.6 is 15.9 Å². The minimum Gasteiger partial charge on any atom is -0.396 e. The predicted octanol–water partition coefficient (Wildman–Crippen LogP) is 2.69. The smallest absolute Gasteiger partial charge is 0.111 e. The molecule has 0 bridgehead atoms. The van der Waals surface area contributed by atoms with Gasteiger partial charge in [0.05, 0.1) is 12.3 Å². The Morgan fingerprint density at radius 1 is 1.41 bits per heavy atom. The fourth-order valence-corrected chi connectivity index (χ4v) is 2.27. The number of halogens is 1. The number of hydrogen-bond acceptors (Lipinski definition) is 2. The van der Waals surface area contributed by atoms with Crippen molar-refractivity contribution in [2.24, 2.45) is 7.05 Å². The lowest BCUT2D eigenvalue weighted by molar-refractivity contribution is 0.295. The van der Waals surface area contributed by atoms with E-state index in [0.29, 0.717) is 6.42 Å². The highest BCUT2D eigenvalue weighted by Crippen LogP contribution is 2.25. The fraction of sp³-hybridized carbons (Fsp3) is 0.308. The van der Waals surface area contributed by atoms with Gasteiger partial charge in [-0.1, -0.05) is 28.1 Å². The Labute approximate surface area is 109 Å². The summed E-state index contributed by atoms with van der Waals surface area (Å²) in [7, 11) is 1.98. The van der Waals surface area contributed by atoms with Gasteiger partial charge in [0.25, 0.3) is 0 Å².